The monoisotopic (exact) mass is 362 g/mol. The van der Waals surface area contributed by atoms with Gasteiger partial charge in [0.1, 0.15) is 0 Å². The molecular formula is C22H22N2O3. The minimum absolute atomic E-state index is 0.131. The van der Waals surface area contributed by atoms with Gasteiger partial charge in [-0.2, -0.15) is 0 Å². The summed E-state index contributed by atoms with van der Waals surface area (Å²) in [7, 11) is 0. The Morgan fingerprint density at radius 2 is 1.70 bits per heavy atom. The van der Waals surface area contributed by atoms with Crippen molar-refractivity contribution in [1.29, 1.82) is 0 Å². The smallest absolute Gasteiger partial charge is 0.287 e. The van der Waals surface area contributed by atoms with Crippen molar-refractivity contribution in [2.24, 2.45) is 0 Å². The van der Waals surface area contributed by atoms with E-state index < -0.39 is 5.91 Å². The lowest BCUT2D eigenvalue weighted by atomic mass is 9.95. The molecule has 5 heteroatoms. The number of carbonyl (C=O) groups excluding carboxylic acids is 2. The number of hydrogen-bond acceptors (Lipinski definition) is 3. The number of hydrogen-bond donors (Lipinski definition) is 2. The Hall–Kier alpha value is -3.34. The number of furan rings is 1. The van der Waals surface area contributed by atoms with Crippen LogP contribution in [-0.4, -0.2) is 18.4 Å². The summed E-state index contributed by atoms with van der Waals surface area (Å²) in [6.45, 7) is 3.97. The van der Waals surface area contributed by atoms with Crippen LogP contribution >= 0.6 is 0 Å². The fraction of sp³-hybridized carbons (Fsp3) is 0.182. The molecule has 1 atom stereocenters. The Morgan fingerprint density at radius 3 is 2.37 bits per heavy atom. The predicted octanol–water partition coefficient (Wildman–Crippen LogP) is 3.53. The molecule has 1 unspecified atom stereocenters. The first kappa shape index (κ1) is 18.5. The van der Waals surface area contributed by atoms with Crippen LogP contribution in [0.25, 0.3) is 0 Å². The van der Waals surface area contributed by atoms with Crippen LogP contribution in [0.3, 0.4) is 0 Å². The maximum absolute atomic E-state index is 12.5. The van der Waals surface area contributed by atoms with Crippen molar-refractivity contribution in [3.63, 3.8) is 0 Å². The van der Waals surface area contributed by atoms with Crippen molar-refractivity contribution in [1.82, 2.24) is 10.6 Å². The highest BCUT2D eigenvalue weighted by molar-refractivity contribution is 5.94. The first-order valence-corrected chi connectivity index (χ1v) is 8.78. The fourth-order valence-electron chi connectivity index (χ4n) is 2.82. The maximum atomic E-state index is 12.5. The van der Waals surface area contributed by atoms with Gasteiger partial charge in [-0.3, -0.25) is 9.59 Å². The second-order valence-corrected chi connectivity index (χ2v) is 6.41. The topological polar surface area (TPSA) is 71.3 Å². The molecule has 5 nitrogen and oxygen atoms in total. The van der Waals surface area contributed by atoms with Gasteiger partial charge in [-0.1, -0.05) is 48.5 Å². The van der Waals surface area contributed by atoms with Crippen molar-refractivity contribution >= 4 is 11.8 Å². The predicted molar refractivity (Wildman–Crippen MR) is 103 cm³/mol. The van der Waals surface area contributed by atoms with Crippen molar-refractivity contribution in [2.75, 3.05) is 6.54 Å². The van der Waals surface area contributed by atoms with Crippen LogP contribution in [0.15, 0.2) is 71.3 Å². The summed E-state index contributed by atoms with van der Waals surface area (Å²) in [6.07, 6.45) is 1.42. The molecule has 0 aliphatic carbocycles. The molecule has 0 saturated carbocycles. The van der Waals surface area contributed by atoms with Crippen LogP contribution < -0.4 is 10.6 Å². The second kappa shape index (κ2) is 8.36. The number of amides is 2. The van der Waals surface area contributed by atoms with Gasteiger partial charge < -0.3 is 15.1 Å². The highest BCUT2D eigenvalue weighted by Gasteiger charge is 2.18. The molecule has 2 N–H and O–H groups in total. The van der Waals surface area contributed by atoms with Gasteiger partial charge >= 0.3 is 0 Å². The summed E-state index contributed by atoms with van der Waals surface area (Å²) in [6, 6.07) is 18.8. The molecule has 3 rings (SSSR count). The lowest BCUT2D eigenvalue weighted by molar-refractivity contribution is -0.120. The molecule has 0 fully saturated rings. The zero-order chi connectivity index (χ0) is 19.2. The Labute approximate surface area is 158 Å². The minimum Gasteiger partial charge on any atom is -0.459 e. The summed E-state index contributed by atoms with van der Waals surface area (Å²) in [4.78, 5) is 24.4. The lowest BCUT2D eigenvalue weighted by Gasteiger charge is -2.21. The third-order valence-corrected chi connectivity index (χ3v) is 4.46. The molecule has 0 aliphatic heterocycles. The molecule has 0 bridgehead atoms. The van der Waals surface area contributed by atoms with Gasteiger partial charge in [0.05, 0.1) is 18.8 Å². The van der Waals surface area contributed by atoms with Crippen LogP contribution in [0.4, 0.5) is 0 Å². The fourth-order valence-corrected chi connectivity index (χ4v) is 2.82. The van der Waals surface area contributed by atoms with Gasteiger partial charge in [0.25, 0.3) is 5.91 Å². The van der Waals surface area contributed by atoms with Crippen LogP contribution in [0.2, 0.25) is 0 Å². The molecule has 2 amide bonds. The van der Waals surface area contributed by atoms with Gasteiger partial charge in [0.15, 0.2) is 5.76 Å². The van der Waals surface area contributed by atoms with Crippen molar-refractivity contribution in [2.45, 2.75) is 19.9 Å². The van der Waals surface area contributed by atoms with Crippen LogP contribution in [-0.2, 0) is 4.79 Å². The van der Waals surface area contributed by atoms with Crippen molar-refractivity contribution < 1.29 is 14.0 Å². The molecule has 2 aromatic carbocycles. The number of benzene rings is 2. The Bertz CT molecular complexity index is 918. The normalized spacial score (nSPS) is 11.6. The van der Waals surface area contributed by atoms with E-state index in [-0.39, 0.29) is 24.3 Å². The Balaban J connectivity index is 1.74. The van der Waals surface area contributed by atoms with E-state index in [0.29, 0.717) is 0 Å². The van der Waals surface area contributed by atoms with Crippen molar-refractivity contribution in [3.05, 3.63) is 94.9 Å². The Morgan fingerprint density at radius 1 is 0.926 bits per heavy atom. The summed E-state index contributed by atoms with van der Waals surface area (Å²) < 4.78 is 5.03. The molecule has 0 aliphatic rings. The van der Waals surface area contributed by atoms with Crippen molar-refractivity contribution in [3.8, 4) is 0 Å². The standard InChI is InChI=1S/C22H22N2O3/c1-15-10-11-18(13-16(15)2)21(17-7-4-3-5-8-17)24-20(25)14-23-22(26)19-9-6-12-27-19/h3-13,21H,14H2,1-2H3,(H,23,26)(H,24,25). The van der Waals surface area contributed by atoms with Gasteiger partial charge in [-0.25, -0.2) is 0 Å². The molecule has 0 saturated heterocycles. The van der Waals surface area contributed by atoms with Gasteiger partial charge in [-0.15, -0.1) is 0 Å². The van der Waals surface area contributed by atoms with E-state index in [4.69, 9.17) is 4.42 Å². The Kier molecular flexibility index (Phi) is 5.71. The summed E-state index contributed by atoms with van der Waals surface area (Å²) >= 11 is 0. The van der Waals surface area contributed by atoms with Gasteiger partial charge in [-0.05, 0) is 48.2 Å². The van der Waals surface area contributed by atoms with E-state index in [0.717, 1.165) is 16.7 Å². The average Bonchev–Trinajstić information content (AvgIpc) is 3.22. The lowest BCUT2D eigenvalue weighted by Crippen LogP contribution is -2.39. The summed E-state index contributed by atoms with van der Waals surface area (Å²) in [5.74, 6) is -0.517. The minimum atomic E-state index is -0.419. The van der Waals surface area contributed by atoms with Crippen LogP contribution in [0.5, 0.6) is 0 Å². The zero-order valence-electron chi connectivity index (χ0n) is 15.4. The van der Waals surface area contributed by atoms with Gasteiger partial charge in [0, 0.05) is 0 Å². The number of aryl methyl sites for hydroxylation is 2. The van der Waals surface area contributed by atoms with E-state index >= 15 is 0 Å². The van der Waals surface area contributed by atoms with E-state index in [9.17, 15) is 9.59 Å². The van der Waals surface area contributed by atoms with Gasteiger partial charge in [0.2, 0.25) is 5.91 Å². The molecule has 27 heavy (non-hydrogen) atoms. The van der Waals surface area contributed by atoms with E-state index in [1.54, 1.807) is 12.1 Å². The summed E-state index contributed by atoms with van der Waals surface area (Å²) in [5, 5.41) is 5.58. The van der Waals surface area contributed by atoms with Crippen LogP contribution in [0.1, 0.15) is 38.9 Å². The molecule has 0 radical (unpaired) electrons. The first-order valence-electron chi connectivity index (χ1n) is 8.78. The number of rotatable bonds is 6. The second-order valence-electron chi connectivity index (χ2n) is 6.41. The molecule has 138 valence electrons. The zero-order valence-corrected chi connectivity index (χ0v) is 15.4. The number of carbonyl (C=O) groups is 2. The molecule has 3 aromatic rings. The maximum Gasteiger partial charge on any atom is 0.287 e. The highest BCUT2D eigenvalue weighted by Crippen LogP contribution is 2.24. The highest BCUT2D eigenvalue weighted by atomic mass is 16.3. The summed E-state index contributed by atoms with van der Waals surface area (Å²) in [5.41, 5.74) is 4.33. The van der Waals surface area contributed by atoms with E-state index in [2.05, 4.69) is 23.6 Å². The van der Waals surface area contributed by atoms with Crippen LogP contribution in [0, 0.1) is 13.8 Å². The molecule has 1 heterocycles. The molecule has 0 spiro atoms. The quantitative estimate of drug-likeness (QED) is 0.705. The SMILES string of the molecule is Cc1ccc(C(NC(=O)CNC(=O)c2ccco2)c2ccccc2)cc1C. The van der Waals surface area contributed by atoms with E-state index in [1.165, 1.54) is 11.8 Å². The largest absolute Gasteiger partial charge is 0.459 e. The van der Waals surface area contributed by atoms with E-state index in [1.807, 2.05) is 49.4 Å². The number of nitrogens with one attached hydrogen (secondary N) is 2. The first-order chi connectivity index (χ1) is 13.0. The molecule has 1 aromatic heterocycles. The molecular weight excluding hydrogens is 340 g/mol. The average molecular weight is 362 g/mol. The third-order valence-electron chi connectivity index (χ3n) is 4.46. The third kappa shape index (κ3) is 4.64.